The standard InChI is InChI=1S/C13H19N3O2/c1-18-9-6-15-13(17)12-10-11(4-5-14-12)16-7-2-3-8-16/h4-5,10H,2-3,6-9H2,1H3,(H,15,17). The van der Waals surface area contributed by atoms with E-state index in [1.807, 2.05) is 12.1 Å². The summed E-state index contributed by atoms with van der Waals surface area (Å²) in [6.07, 6.45) is 4.13. The molecule has 1 N–H and O–H groups in total. The van der Waals surface area contributed by atoms with Crippen LogP contribution in [0.4, 0.5) is 5.69 Å². The zero-order valence-corrected chi connectivity index (χ0v) is 10.7. The van der Waals surface area contributed by atoms with Crippen molar-refractivity contribution in [1.29, 1.82) is 0 Å². The molecule has 1 aromatic heterocycles. The second kappa shape index (κ2) is 6.35. The average Bonchev–Trinajstić information content (AvgIpc) is 2.93. The highest BCUT2D eigenvalue weighted by atomic mass is 16.5. The zero-order valence-electron chi connectivity index (χ0n) is 10.7. The van der Waals surface area contributed by atoms with Gasteiger partial charge in [0.1, 0.15) is 5.69 Å². The molecule has 1 saturated heterocycles. The summed E-state index contributed by atoms with van der Waals surface area (Å²) >= 11 is 0. The third-order valence-electron chi connectivity index (χ3n) is 3.04. The van der Waals surface area contributed by atoms with Crippen LogP contribution in [0.5, 0.6) is 0 Å². The lowest BCUT2D eigenvalue weighted by molar-refractivity contribution is 0.0932. The van der Waals surface area contributed by atoms with Crippen molar-refractivity contribution in [3.05, 3.63) is 24.0 Å². The van der Waals surface area contributed by atoms with Gasteiger partial charge in [0.25, 0.3) is 5.91 Å². The maximum absolute atomic E-state index is 11.8. The van der Waals surface area contributed by atoms with Crippen LogP contribution in [0, 0.1) is 0 Å². The lowest BCUT2D eigenvalue weighted by Crippen LogP contribution is -2.28. The smallest absolute Gasteiger partial charge is 0.270 e. The molecule has 0 aromatic carbocycles. The first-order chi connectivity index (χ1) is 8.81. The van der Waals surface area contributed by atoms with Crippen LogP contribution in [0.3, 0.4) is 0 Å². The van der Waals surface area contributed by atoms with E-state index in [9.17, 15) is 4.79 Å². The Labute approximate surface area is 107 Å². The van der Waals surface area contributed by atoms with Crippen molar-refractivity contribution < 1.29 is 9.53 Å². The Morgan fingerprint density at radius 3 is 3.00 bits per heavy atom. The van der Waals surface area contributed by atoms with Gasteiger partial charge in [-0.25, -0.2) is 0 Å². The Hall–Kier alpha value is -1.62. The minimum atomic E-state index is -0.145. The van der Waals surface area contributed by atoms with Gasteiger partial charge in [-0.3, -0.25) is 9.78 Å². The van der Waals surface area contributed by atoms with E-state index in [-0.39, 0.29) is 5.91 Å². The quantitative estimate of drug-likeness (QED) is 0.793. The molecule has 98 valence electrons. The number of methoxy groups -OCH3 is 1. The third kappa shape index (κ3) is 3.20. The number of ether oxygens (including phenoxy) is 1. The van der Waals surface area contributed by atoms with E-state index in [4.69, 9.17) is 4.74 Å². The van der Waals surface area contributed by atoms with E-state index in [1.165, 1.54) is 12.8 Å². The summed E-state index contributed by atoms with van der Waals surface area (Å²) in [4.78, 5) is 18.2. The molecule has 0 spiro atoms. The van der Waals surface area contributed by atoms with E-state index in [1.54, 1.807) is 13.3 Å². The second-order valence-electron chi connectivity index (χ2n) is 4.34. The minimum absolute atomic E-state index is 0.145. The van der Waals surface area contributed by atoms with Gasteiger partial charge < -0.3 is 15.0 Å². The minimum Gasteiger partial charge on any atom is -0.383 e. The highest BCUT2D eigenvalue weighted by Gasteiger charge is 2.14. The van der Waals surface area contributed by atoms with Crippen LogP contribution >= 0.6 is 0 Å². The Morgan fingerprint density at radius 2 is 2.28 bits per heavy atom. The number of anilines is 1. The van der Waals surface area contributed by atoms with Gasteiger partial charge in [-0.1, -0.05) is 0 Å². The van der Waals surface area contributed by atoms with E-state index in [0.717, 1.165) is 18.8 Å². The van der Waals surface area contributed by atoms with Gasteiger partial charge >= 0.3 is 0 Å². The number of carbonyl (C=O) groups excluding carboxylic acids is 1. The van der Waals surface area contributed by atoms with Crippen molar-refractivity contribution >= 4 is 11.6 Å². The lowest BCUT2D eigenvalue weighted by Gasteiger charge is -2.17. The summed E-state index contributed by atoms with van der Waals surface area (Å²) < 4.78 is 4.89. The van der Waals surface area contributed by atoms with Gasteiger partial charge in [-0.05, 0) is 25.0 Å². The van der Waals surface area contributed by atoms with Crippen LogP contribution in [-0.2, 0) is 4.74 Å². The zero-order chi connectivity index (χ0) is 12.8. The van der Waals surface area contributed by atoms with Crippen LogP contribution in [0.25, 0.3) is 0 Å². The molecule has 2 heterocycles. The van der Waals surface area contributed by atoms with Gasteiger partial charge in [0.05, 0.1) is 6.61 Å². The molecule has 0 radical (unpaired) electrons. The predicted molar refractivity (Wildman–Crippen MR) is 69.9 cm³/mol. The number of nitrogens with zero attached hydrogens (tertiary/aromatic N) is 2. The lowest BCUT2D eigenvalue weighted by atomic mass is 10.3. The third-order valence-corrected chi connectivity index (χ3v) is 3.04. The van der Waals surface area contributed by atoms with Crippen molar-refractivity contribution in [1.82, 2.24) is 10.3 Å². The van der Waals surface area contributed by atoms with Crippen molar-refractivity contribution in [3.63, 3.8) is 0 Å². The van der Waals surface area contributed by atoms with E-state index < -0.39 is 0 Å². The van der Waals surface area contributed by atoms with Gasteiger partial charge in [0.2, 0.25) is 0 Å². The summed E-state index contributed by atoms with van der Waals surface area (Å²) in [5.41, 5.74) is 1.55. The fourth-order valence-electron chi connectivity index (χ4n) is 2.07. The maximum Gasteiger partial charge on any atom is 0.270 e. The van der Waals surface area contributed by atoms with Crippen LogP contribution in [0.2, 0.25) is 0 Å². The van der Waals surface area contributed by atoms with E-state index in [0.29, 0.717) is 18.8 Å². The van der Waals surface area contributed by atoms with Crippen molar-refractivity contribution in [2.45, 2.75) is 12.8 Å². The molecule has 0 saturated carbocycles. The molecule has 0 atom stereocenters. The van der Waals surface area contributed by atoms with Gasteiger partial charge in [-0.15, -0.1) is 0 Å². The van der Waals surface area contributed by atoms with E-state index in [2.05, 4.69) is 15.2 Å². The predicted octanol–water partition coefficient (Wildman–Crippen LogP) is 1.06. The van der Waals surface area contributed by atoms with Crippen molar-refractivity contribution in [3.8, 4) is 0 Å². The Bertz CT molecular complexity index is 403. The molecular weight excluding hydrogens is 230 g/mol. The number of rotatable bonds is 5. The van der Waals surface area contributed by atoms with Crippen LogP contribution in [-0.4, -0.2) is 44.2 Å². The monoisotopic (exact) mass is 249 g/mol. The van der Waals surface area contributed by atoms with Crippen LogP contribution in [0.15, 0.2) is 18.3 Å². The summed E-state index contributed by atoms with van der Waals surface area (Å²) in [7, 11) is 1.61. The molecule has 0 unspecified atom stereocenters. The molecule has 5 nitrogen and oxygen atoms in total. The van der Waals surface area contributed by atoms with Crippen molar-refractivity contribution in [2.24, 2.45) is 0 Å². The van der Waals surface area contributed by atoms with Crippen molar-refractivity contribution in [2.75, 3.05) is 38.3 Å². The largest absolute Gasteiger partial charge is 0.383 e. The first kappa shape index (κ1) is 12.8. The molecule has 0 bridgehead atoms. The van der Waals surface area contributed by atoms with Gasteiger partial charge in [0.15, 0.2) is 0 Å². The SMILES string of the molecule is COCCNC(=O)c1cc(N2CCCC2)ccn1. The highest BCUT2D eigenvalue weighted by Crippen LogP contribution is 2.19. The number of pyridine rings is 1. The van der Waals surface area contributed by atoms with Crippen LogP contribution in [0.1, 0.15) is 23.3 Å². The Morgan fingerprint density at radius 1 is 1.50 bits per heavy atom. The molecular formula is C13H19N3O2. The number of carbonyl (C=O) groups is 1. The fraction of sp³-hybridized carbons (Fsp3) is 0.538. The molecule has 0 aliphatic carbocycles. The normalized spacial score (nSPS) is 14.8. The fourth-order valence-corrected chi connectivity index (χ4v) is 2.07. The Balaban J connectivity index is 1.99. The second-order valence-corrected chi connectivity index (χ2v) is 4.34. The number of nitrogens with one attached hydrogen (secondary N) is 1. The number of amides is 1. The Kier molecular flexibility index (Phi) is 4.52. The molecule has 1 fully saturated rings. The summed E-state index contributed by atoms with van der Waals surface area (Å²) in [5.74, 6) is -0.145. The molecule has 5 heteroatoms. The summed E-state index contributed by atoms with van der Waals surface area (Å²) in [6, 6.07) is 3.81. The molecule has 18 heavy (non-hydrogen) atoms. The maximum atomic E-state index is 11.8. The average molecular weight is 249 g/mol. The van der Waals surface area contributed by atoms with Crippen LogP contribution < -0.4 is 10.2 Å². The molecule has 1 aromatic rings. The number of hydrogen-bond donors (Lipinski definition) is 1. The van der Waals surface area contributed by atoms with Gasteiger partial charge in [-0.2, -0.15) is 0 Å². The molecule has 2 rings (SSSR count). The highest BCUT2D eigenvalue weighted by molar-refractivity contribution is 5.93. The number of aromatic nitrogens is 1. The number of hydrogen-bond acceptors (Lipinski definition) is 4. The molecule has 1 amide bonds. The molecule has 1 aliphatic rings. The first-order valence-corrected chi connectivity index (χ1v) is 6.29. The molecule has 1 aliphatic heterocycles. The first-order valence-electron chi connectivity index (χ1n) is 6.29. The van der Waals surface area contributed by atoms with Gasteiger partial charge in [0, 0.05) is 38.6 Å². The summed E-state index contributed by atoms with van der Waals surface area (Å²) in [6.45, 7) is 3.14. The topological polar surface area (TPSA) is 54.5 Å². The van der Waals surface area contributed by atoms with E-state index >= 15 is 0 Å². The summed E-state index contributed by atoms with van der Waals surface area (Å²) in [5, 5.41) is 2.77.